The Kier molecular flexibility index (Phi) is 3.41. The number of nitrogens with one attached hydrogen (secondary N) is 2. The monoisotopic (exact) mass is 304 g/mol. The van der Waals surface area contributed by atoms with Crippen LogP contribution in [0, 0.1) is 0 Å². The molecular formula is C20H20N2O. The van der Waals surface area contributed by atoms with E-state index < -0.39 is 0 Å². The molecule has 4 rings (SSSR count). The van der Waals surface area contributed by atoms with E-state index in [1.807, 2.05) is 6.20 Å². The first kappa shape index (κ1) is 14.1. The third-order valence-corrected chi connectivity index (χ3v) is 4.85. The summed E-state index contributed by atoms with van der Waals surface area (Å²) in [5, 5.41) is 4.35. The molecule has 1 amide bonds. The highest BCUT2D eigenvalue weighted by molar-refractivity contribution is 5.80. The third kappa shape index (κ3) is 2.52. The summed E-state index contributed by atoms with van der Waals surface area (Å²) in [5.41, 5.74) is 5.13. The van der Waals surface area contributed by atoms with Crippen molar-refractivity contribution in [3.8, 4) is 0 Å². The molecule has 0 fully saturated rings. The summed E-state index contributed by atoms with van der Waals surface area (Å²) >= 11 is 0. The van der Waals surface area contributed by atoms with E-state index in [4.69, 9.17) is 0 Å². The van der Waals surface area contributed by atoms with E-state index in [0.717, 1.165) is 12.8 Å². The van der Waals surface area contributed by atoms with Crippen molar-refractivity contribution in [3.05, 3.63) is 71.4 Å². The molecule has 0 bridgehead atoms. The number of H-pyrrole nitrogens is 1. The quantitative estimate of drug-likeness (QED) is 0.729. The molecule has 1 heterocycles. The van der Waals surface area contributed by atoms with Gasteiger partial charge < -0.3 is 10.3 Å². The predicted molar refractivity (Wildman–Crippen MR) is 92.4 cm³/mol. The van der Waals surface area contributed by atoms with Gasteiger partial charge in [-0.3, -0.25) is 4.79 Å². The minimum absolute atomic E-state index is 0.0389. The molecule has 0 unspecified atom stereocenters. The smallest absolute Gasteiger partial charge is 0.217 e. The summed E-state index contributed by atoms with van der Waals surface area (Å²) in [5.74, 6) is 0.438. The molecule has 2 N–H and O–H groups in total. The maximum absolute atomic E-state index is 11.5. The minimum Gasteiger partial charge on any atom is -0.361 e. The first-order chi connectivity index (χ1) is 11.2. The van der Waals surface area contributed by atoms with Crippen LogP contribution < -0.4 is 5.32 Å². The fraction of sp³-hybridized carbons (Fsp3) is 0.250. The SMILES string of the molecule is CC(=O)N[C@@H]1CC[C@H](c2ccc3[nH]ccc3c2)c2ccccc21. The van der Waals surface area contributed by atoms with E-state index in [9.17, 15) is 4.79 Å². The van der Waals surface area contributed by atoms with E-state index in [0.29, 0.717) is 5.92 Å². The first-order valence-electron chi connectivity index (χ1n) is 8.15. The van der Waals surface area contributed by atoms with Crippen LogP contribution in [-0.2, 0) is 4.79 Å². The summed E-state index contributed by atoms with van der Waals surface area (Å²) in [6.07, 6.45) is 4.01. The lowest BCUT2D eigenvalue weighted by atomic mass is 9.76. The summed E-state index contributed by atoms with van der Waals surface area (Å²) < 4.78 is 0. The number of hydrogen-bond donors (Lipinski definition) is 2. The maximum Gasteiger partial charge on any atom is 0.217 e. The molecule has 1 aromatic heterocycles. The molecule has 0 aliphatic heterocycles. The van der Waals surface area contributed by atoms with Crippen LogP contribution in [0.15, 0.2) is 54.7 Å². The van der Waals surface area contributed by atoms with Crippen LogP contribution in [0.3, 0.4) is 0 Å². The Balaban J connectivity index is 1.76. The average Bonchev–Trinajstić information content (AvgIpc) is 3.02. The van der Waals surface area contributed by atoms with Crippen LogP contribution >= 0.6 is 0 Å². The van der Waals surface area contributed by atoms with E-state index in [2.05, 4.69) is 58.8 Å². The van der Waals surface area contributed by atoms with Crippen molar-refractivity contribution >= 4 is 16.8 Å². The highest BCUT2D eigenvalue weighted by Crippen LogP contribution is 2.41. The summed E-state index contributed by atoms with van der Waals surface area (Å²) in [4.78, 5) is 14.7. The summed E-state index contributed by atoms with van der Waals surface area (Å²) in [6, 6.07) is 17.4. The number of fused-ring (bicyclic) bond motifs is 2. The van der Waals surface area contributed by atoms with Crippen molar-refractivity contribution in [3.63, 3.8) is 0 Å². The summed E-state index contributed by atoms with van der Waals surface area (Å²) in [7, 11) is 0. The van der Waals surface area contributed by atoms with Crippen LogP contribution in [0.4, 0.5) is 0 Å². The van der Waals surface area contributed by atoms with Crippen molar-refractivity contribution in [1.29, 1.82) is 0 Å². The van der Waals surface area contributed by atoms with Crippen LogP contribution in [0.5, 0.6) is 0 Å². The fourth-order valence-electron chi connectivity index (χ4n) is 3.82. The Hall–Kier alpha value is -2.55. The van der Waals surface area contributed by atoms with Crippen molar-refractivity contribution in [2.45, 2.75) is 31.7 Å². The largest absolute Gasteiger partial charge is 0.361 e. The number of aromatic amines is 1. The fourth-order valence-corrected chi connectivity index (χ4v) is 3.82. The Morgan fingerprint density at radius 1 is 1.09 bits per heavy atom. The highest BCUT2D eigenvalue weighted by atomic mass is 16.1. The number of carbonyl (C=O) groups excluding carboxylic acids is 1. The molecule has 0 spiro atoms. The second-order valence-corrected chi connectivity index (χ2v) is 6.34. The van der Waals surface area contributed by atoms with Gasteiger partial charge in [-0.05, 0) is 53.1 Å². The van der Waals surface area contributed by atoms with E-state index in [-0.39, 0.29) is 11.9 Å². The number of aromatic nitrogens is 1. The van der Waals surface area contributed by atoms with E-state index in [1.54, 1.807) is 6.92 Å². The Labute approximate surface area is 135 Å². The average molecular weight is 304 g/mol. The lowest BCUT2D eigenvalue weighted by molar-refractivity contribution is -0.119. The molecule has 23 heavy (non-hydrogen) atoms. The second-order valence-electron chi connectivity index (χ2n) is 6.34. The maximum atomic E-state index is 11.5. The Morgan fingerprint density at radius 3 is 2.74 bits per heavy atom. The minimum atomic E-state index is 0.0389. The molecule has 3 nitrogen and oxygen atoms in total. The van der Waals surface area contributed by atoms with Gasteiger partial charge >= 0.3 is 0 Å². The van der Waals surface area contributed by atoms with Crippen LogP contribution in [0.1, 0.15) is 48.4 Å². The third-order valence-electron chi connectivity index (χ3n) is 4.85. The number of carbonyl (C=O) groups is 1. The van der Waals surface area contributed by atoms with Gasteiger partial charge in [0, 0.05) is 24.6 Å². The van der Waals surface area contributed by atoms with Crippen molar-refractivity contribution in [1.82, 2.24) is 10.3 Å². The standard InChI is InChI=1S/C20H20N2O/c1-13(23)22-20-9-7-16(17-4-2-3-5-18(17)20)14-6-8-19-15(12-14)10-11-21-19/h2-6,8,10-12,16,20-21H,7,9H2,1H3,(H,22,23)/t16-,20-/m1/s1. The zero-order valence-corrected chi connectivity index (χ0v) is 13.2. The topological polar surface area (TPSA) is 44.9 Å². The second kappa shape index (κ2) is 5.58. The predicted octanol–water partition coefficient (Wildman–Crippen LogP) is 4.27. The van der Waals surface area contributed by atoms with Gasteiger partial charge in [0.2, 0.25) is 5.91 Å². The van der Waals surface area contributed by atoms with Crippen molar-refractivity contribution < 1.29 is 4.79 Å². The van der Waals surface area contributed by atoms with Crippen LogP contribution in [-0.4, -0.2) is 10.9 Å². The van der Waals surface area contributed by atoms with Gasteiger partial charge in [0.15, 0.2) is 0 Å². The van der Waals surface area contributed by atoms with Gasteiger partial charge in [-0.2, -0.15) is 0 Å². The van der Waals surface area contributed by atoms with Gasteiger partial charge in [-0.1, -0.05) is 30.3 Å². The highest BCUT2D eigenvalue weighted by Gasteiger charge is 2.28. The Morgan fingerprint density at radius 2 is 1.91 bits per heavy atom. The van der Waals surface area contributed by atoms with Gasteiger partial charge in [-0.25, -0.2) is 0 Å². The van der Waals surface area contributed by atoms with E-state index in [1.165, 1.54) is 27.6 Å². The van der Waals surface area contributed by atoms with Gasteiger partial charge in [0.1, 0.15) is 0 Å². The molecule has 0 saturated carbocycles. The number of hydrogen-bond acceptors (Lipinski definition) is 1. The normalized spacial score (nSPS) is 20.2. The van der Waals surface area contributed by atoms with Crippen LogP contribution in [0.25, 0.3) is 10.9 Å². The van der Waals surface area contributed by atoms with Crippen molar-refractivity contribution in [2.75, 3.05) is 0 Å². The number of amides is 1. The molecule has 3 heteroatoms. The number of rotatable bonds is 2. The Bertz CT molecular complexity index is 865. The van der Waals surface area contributed by atoms with Gasteiger partial charge in [-0.15, -0.1) is 0 Å². The van der Waals surface area contributed by atoms with Crippen LogP contribution in [0.2, 0.25) is 0 Å². The zero-order chi connectivity index (χ0) is 15.8. The molecular weight excluding hydrogens is 284 g/mol. The molecule has 116 valence electrons. The van der Waals surface area contributed by atoms with E-state index >= 15 is 0 Å². The van der Waals surface area contributed by atoms with Crippen molar-refractivity contribution in [2.24, 2.45) is 0 Å². The molecule has 1 aliphatic rings. The number of benzene rings is 2. The van der Waals surface area contributed by atoms with Gasteiger partial charge in [0.25, 0.3) is 0 Å². The molecule has 1 aliphatic carbocycles. The molecule has 2 aromatic carbocycles. The summed E-state index contributed by atoms with van der Waals surface area (Å²) in [6.45, 7) is 1.59. The molecule has 3 aromatic rings. The van der Waals surface area contributed by atoms with Gasteiger partial charge in [0.05, 0.1) is 6.04 Å². The zero-order valence-electron chi connectivity index (χ0n) is 13.2. The lowest BCUT2D eigenvalue weighted by Gasteiger charge is -2.32. The molecule has 0 saturated heterocycles. The molecule has 0 radical (unpaired) electrons. The lowest BCUT2D eigenvalue weighted by Crippen LogP contribution is -2.30. The molecule has 2 atom stereocenters. The first-order valence-corrected chi connectivity index (χ1v) is 8.15.